The lowest BCUT2D eigenvalue weighted by Crippen LogP contribution is -2.39. The third-order valence-corrected chi connectivity index (χ3v) is 4.37. The van der Waals surface area contributed by atoms with E-state index in [9.17, 15) is 9.59 Å². The lowest BCUT2D eigenvalue weighted by molar-refractivity contribution is -0.132. The van der Waals surface area contributed by atoms with Crippen LogP contribution in [0.2, 0.25) is 5.02 Å². The van der Waals surface area contributed by atoms with Crippen molar-refractivity contribution in [2.45, 2.75) is 19.3 Å². The molecule has 0 radical (unpaired) electrons. The van der Waals surface area contributed by atoms with Gasteiger partial charge >= 0.3 is 6.03 Å². The second kappa shape index (κ2) is 6.57. The number of halogens is 1. The monoisotopic (exact) mass is 321 g/mol. The minimum Gasteiger partial charge on any atom is -0.341 e. The van der Waals surface area contributed by atoms with E-state index in [1.165, 1.54) is 0 Å². The molecule has 6 heteroatoms. The number of anilines is 1. The third-order valence-electron chi connectivity index (χ3n) is 4.12. The lowest BCUT2D eigenvalue weighted by Gasteiger charge is -2.22. The molecule has 1 aromatic carbocycles. The van der Waals surface area contributed by atoms with Crippen molar-refractivity contribution < 1.29 is 9.59 Å². The van der Waals surface area contributed by atoms with Gasteiger partial charge in [0.15, 0.2) is 0 Å². The lowest BCUT2D eigenvalue weighted by atomic mass is 10.3. The van der Waals surface area contributed by atoms with E-state index < -0.39 is 0 Å². The first-order valence-corrected chi connectivity index (χ1v) is 8.11. The topological polar surface area (TPSA) is 52.7 Å². The fourth-order valence-electron chi connectivity index (χ4n) is 2.67. The fourth-order valence-corrected chi connectivity index (χ4v) is 2.79. The van der Waals surface area contributed by atoms with Crippen LogP contribution in [0.3, 0.4) is 0 Å². The Morgan fingerprint density at radius 3 is 2.32 bits per heavy atom. The number of hydrogen-bond donors (Lipinski definition) is 1. The van der Waals surface area contributed by atoms with Gasteiger partial charge in [0, 0.05) is 42.8 Å². The Morgan fingerprint density at radius 1 is 1.00 bits per heavy atom. The summed E-state index contributed by atoms with van der Waals surface area (Å²) in [5.74, 6) is 0.509. The van der Waals surface area contributed by atoms with E-state index in [2.05, 4.69) is 5.32 Å². The molecule has 0 aromatic heterocycles. The van der Waals surface area contributed by atoms with Crippen molar-refractivity contribution in [3.05, 3.63) is 29.3 Å². The molecule has 1 N–H and O–H groups in total. The number of carbonyl (C=O) groups excluding carboxylic acids is 2. The van der Waals surface area contributed by atoms with Gasteiger partial charge in [0.2, 0.25) is 5.91 Å². The second-order valence-electron chi connectivity index (χ2n) is 5.88. The van der Waals surface area contributed by atoms with Crippen molar-refractivity contribution in [2.75, 3.05) is 31.5 Å². The molecule has 0 unspecified atom stereocenters. The molecule has 22 heavy (non-hydrogen) atoms. The van der Waals surface area contributed by atoms with Crippen molar-refractivity contribution in [2.24, 2.45) is 5.92 Å². The summed E-state index contributed by atoms with van der Waals surface area (Å²) in [7, 11) is 0. The zero-order valence-corrected chi connectivity index (χ0v) is 13.2. The summed E-state index contributed by atoms with van der Waals surface area (Å²) in [5.41, 5.74) is 0.726. The summed E-state index contributed by atoms with van der Waals surface area (Å²) >= 11 is 5.83. The van der Waals surface area contributed by atoms with Gasteiger partial charge in [-0.25, -0.2) is 4.79 Å². The Hall–Kier alpha value is -1.75. The molecule has 1 aliphatic heterocycles. The van der Waals surface area contributed by atoms with Crippen molar-refractivity contribution in [1.82, 2.24) is 9.80 Å². The Morgan fingerprint density at radius 2 is 1.64 bits per heavy atom. The predicted octanol–water partition coefficient (Wildman–Crippen LogP) is 2.82. The maximum absolute atomic E-state index is 12.3. The number of benzene rings is 1. The Bertz CT molecular complexity index is 557. The van der Waals surface area contributed by atoms with Crippen LogP contribution in [0.25, 0.3) is 0 Å². The first-order valence-electron chi connectivity index (χ1n) is 7.74. The van der Waals surface area contributed by atoms with Crippen molar-refractivity contribution >= 4 is 29.2 Å². The van der Waals surface area contributed by atoms with Gasteiger partial charge in [0.1, 0.15) is 0 Å². The average Bonchev–Trinajstić information content (AvgIpc) is 3.35. The minimum atomic E-state index is -0.122. The van der Waals surface area contributed by atoms with Crippen LogP contribution in [0, 0.1) is 5.92 Å². The van der Waals surface area contributed by atoms with E-state index in [-0.39, 0.29) is 17.9 Å². The number of nitrogens with zero attached hydrogens (tertiary/aromatic N) is 2. The molecule has 1 heterocycles. The van der Waals surface area contributed by atoms with E-state index in [1.54, 1.807) is 29.2 Å². The van der Waals surface area contributed by atoms with Crippen LogP contribution in [-0.2, 0) is 4.79 Å². The van der Waals surface area contributed by atoms with Crippen molar-refractivity contribution in [3.63, 3.8) is 0 Å². The molecule has 0 spiro atoms. The van der Waals surface area contributed by atoms with Gasteiger partial charge in [0.05, 0.1) is 0 Å². The van der Waals surface area contributed by atoms with E-state index in [0.717, 1.165) is 31.5 Å². The Balaban J connectivity index is 1.54. The van der Waals surface area contributed by atoms with Gasteiger partial charge in [-0.1, -0.05) is 11.6 Å². The number of rotatable bonds is 2. The molecule has 2 aliphatic rings. The molecule has 2 fully saturated rings. The standard InChI is InChI=1S/C16H20ClN3O2/c17-13-4-6-14(7-5-13)18-16(22)20-9-1-8-19(10-11-20)15(21)12-2-3-12/h4-7,12H,1-3,8-11H2,(H,18,22). The highest BCUT2D eigenvalue weighted by Gasteiger charge is 2.34. The molecule has 3 rings (SSSR count). The normalized spacial score (nSPS) is 18.8. The van der Waals surface area contributed by atoms with Crippen LogP contribution in [-0.4, -0.2) is 47.9 Å². The first-order chi connectivity index (χ1) is 10.6. The fraction of sp³-hybridized carbons (Fsp3) is 0.500. The highest BCUT2D eigenvalue weighted by Crippen LogP contribution is 2.31. The van der Waals surface area contributed by atoms with Crippen LogP contribution in [0.5, 0.6) is 0 Å². The van der Waals surface area contributed by atoms with Crippen LogP contribution in [0.15, 0.2) is 24.3 Å². The Kier molecular flexibility index (Phi) is 4.52. The van der Waals surface area contributed by atoms with E-state index in [0.29, 0.717) is 24.7 Å². The van der Waals surface area contributed by atoms with E-state index >= 15 is 0 Å². The molecule has 1 saturated carbocycles. The molecule has 0 atom stereocenters. The molecule has 1 aliphatic carbocycles. The zero-order valence-electron chi connectivity index (χ0n) is 12.4. The molecular formula is C16H20ClN3O2. The van der Waals surface area contributed by atoms with E-state index in [4.69, 9.17) is 11.6 Å². The summed E-state index contributed by atoms with van der Waals surface area (Å²) in [6.07, 6.45) is 2.87. The summed E-state index contributed by atoms with van der Waals surface area (Å²) < 4.78 is 0. The summed E-state index contributed by atoms with van der Waals surface area (Å²) in [6, 6.07) is 6.93. The highest BCUT2D eigenvalue weighted by atomic mass is 35.5. The second-order valence-corrected chi connectivity index (χ2v) is 6.31. The average molecular weight is 322 g/mol. The van der Waals surface area contributed by atoms with E-state index in [1.807, 2.05) is 4.90 Å². The number of amides is 3. The van der Waals surface area contributed by atoms with Gasteiger partial charge in [0.25, 0.3) is 0 Å². The smallest absolute Gasteiger partial charge is 0.321 e. The number of urea groups is 1. The maximum atomic E-state index is 12.3. The Labute approximate surface area is 135 Å². The number of nitrogens with one attached hydrogen (secondary N) is 1. The SMILES string of the molecule is O=C(Nc1ccc(Cl)cc1)N1CCCN(C(=O)C2CC2)CC1. The van der Waals surface area contributed by atoms with Crippen LogP contribution in [0.4, 0.5) is 10.5 Å². The number of hydrogen-bond acceptors (Lipinski definition) is 2. The van der Waals surface area contributed by atoms with Crippen molar-refractivity contribution in [3.8, 4) is 0 Å². The molecule has 5 nitrogen and oxygen atoms in total. The number of carbonyl (C=O) groups is 2. The largest absolute Gasteiger partial charge is 0.341 e. The van der Waals surface area contributed by atoms with Crippen molar-refractivity contribution in [1.29, 1.82) is 0 Å². The molecule has 3 amide bonds. The molecule has 118 valence electrons. The maximum Gasteiger partial charge on any atom is 0.321 e. The highest BCUT2D eigenvalue weighted by molar-refractivity contribution is 6.30. The zero-order chi connectivity index (χ0) is 15.5. The quantitative estimate of drug-likeness (QED) is 0.910. The summed E-state index contributed by atoms with van der Waals surface area (Å²) in [5, 5.41) is 3.51. The first kappa shape index (κ1) is 15.2. The van der Waals surface area contributed by atoms with Gasteiger partial charge in [-0.05, 0) is 43.5 Å². The predicted molar refractivity (Wildman–Crippen MR) is 86.0 cm³/mol. The van der Waals surface area contributed by atoms with Crippen LogP contribution >= 0.6 is 11.6 Å². The molecular weight excluding hydrogens is 302 g/mol. The third kappa shape index (κ3) is 3.71. The molecule has 1 saturated heterocycles. The minimum absolute atomic E-state index is 0.122. The molecule has 1 aromatic rings. The van der Waals surface area contributed by atoms with Gasteiger partial charge in [-0.15, -0.1) is 0 Å². The van der Waals surface area contributed by atoms with Gasteiger partial charge in [-0.2, -0.15) is 0 Å². The molecule has 0 bridgehead atoms. The van der Waals surface area contributed by atoms with Gasteiger partial charge in [-0.3, -0.25) is 4.79 Å². The summed E-state index contributed by atoms with van der Waals surface area (Å²) in [6.45, 7) is 2.63. The van der Waals surface area contributed by atoms with Crippen LogP contribution in [0.1, 0.15) is 19.3 Å². The van der Waals surface area contributed by atoms with Gasteiger partial charge < -0.3 is 15.1 Å². The van der Waals surface area contributed by atoms with Crippen LogP contribution < -0.4 is 5.32 Å². The summed E-state index contributed by atoms with van der Waals surface area (Å²) in [4.78, 5) is 28.1.